The molecule has 2 aliphatic heterocycles. The molecule has 126 valence electrons. The minimum atomic E-state index is 0.0652. The van der Waals surface area contributed by atoms with Gasteiger partial charge < -0.3 is 9.64 Å². The number of benzene rings is 1. The molecule has 0 saturated carbocycles. The number of carbonyl (C=O) groups is 1. The number of ether oxygens (including phenoxy) is 1. The molecule has 1 amide bonds. The Morgan fingerprint density at radius 3 is 2.91 bits per heavy atom. The number of fused-ring (bicyclic) bond motifs is 1. The summed E-state index contributed by atoms with van der Waals surface area (Å²) < 4.78 is 5.20. The summed E-state index contributed by atoms with van der Waals surface area (Å²) in [7, 11) is 1.75. The number of hydrogen-bond acceptors (Lipinski definition) is 4. The highest BCUT2D eigenvalue weighted by Crippen LogP contribution is 2.37. The molecular weight excluding hydrogens is 308 g/mol. The molecule has 0 radical (unpaired) electrons. The van der Waals surface area contributed by atoms with Crippen molar-refractivity contribution < 1.29 is 9.53 Å². The van der Waals surface area contributed by atoms with Crippen LogP contribution in [0, 0.1) is 0 Å². The summed E-state index contributed by atoms with van der Waals surface area (Å²) in [6, 6.07) is 8.85. The molecule has 1 aromatic rings. The molecule has 23 heavy (non-hydrogen) atoms. The van der Waals surface area contributed by atoms with Crippen LogP contribution in [0.2, 0.25) is 0 Å². The second-order valence-corrected chi connectivity index (χ2v) is 7.54. The van der Waals surface area contributed by atoms with Crippen molar-refractivity contribution in [1.82, 2.24) is 9.80 Å². The molecule has 4 nitrogen and oxygen atoms in total. The van der Waals surface area contributed by atoms with Crippen LogP contribution < -0.4 is 0 Å². The Morgan fingerprint density at radius 1 is 1.35 bits per heavy atom. The van der Waals surface area contributed by atoms with E-state index < -0.39 is 0 Å². The summed E-state index contributed by atoms with van der Waals surface area (Å²) in [5.74, 6) is 0.316. The highest BCUT2D eigenvalue weighted by molar-refractivity contribution is 8.01. The predicted octanol–water partition coefficient (Wildman–Crippen LogP) is 2.27. The smallest absolute Gasteiger partial charge is 0.236 e. The number of nitrogens with zero attached hydrogens (tertiary/aromatic N) is 2. The molecule has 2 unspecified atom stereocenters. The summed E-state index contributed by atoms with van der Waals surface area (Å²) in [6.45, 7) is 6.58. The molecule has 0 bridgehead atoms. The van der Waals surface area contributed by atoms with Crippen molar-refractivity contribution in [3.05, 3.63) is 29.8 Å². The van der Waals surface area contributed by atoms with Gasteiger partial charge in [-0.15, -0.1) is 11.8 Å². The van der Waals surface area contributed by atoms with Crippen molar-refractivity contribution in [1.29, 1.82) is 0 Å². The maximum absolute atomic E-state index is 12.9. The first-order valence-electron chi connectivity index (χ1n) is 8.49. The first-order valence-corrected chi connectivity index (χ1v) is 9.37. The van der Waals surface area contributed by atoms with Crippen molar-refractivity contribution in [2.45, 2.75) is 36.0 Å². The first kappa shape index (κ1) is 16.8. The minimum absolute atomic E-state index is 0.0652. The van der Waals surface area contributed by atoms with E-state index in [-0.39, 0.29) is 5.25 Å². The summed E-state index contributed by atoms with van der Waals surface area (Å²) >= 11 is 1.74. The molecule has 2 heterocycles. The maximum Gasteiger partial charge on any atom is 0.236 e. The number of thioether (sulfide) groups is 1. The normalized spacial score (nSPS) is 24.7. The van der Waals surface area contributed by atoms with Gasteiger partial charge in [0.15, 0.2) is 0 Å². The summed E-state index contributed by atoms with van der Waals surface area (Å²) in [5, 5.41) is 0.0652. The van der Waals surface area contributed by atoms with Crippen LogP contribution in [0.5, 0.6) is 0 Å². The minimum Gasteiger partial charge on any atom is -0.383 e. The van der Waals surface area contributed by atoms with Crippen LogP contribution in [-0.4, -0.2) is 66.9 Å². The van der Waals surface area contributed by atoms with Gasteiger partial charge in [0.05, 0.1) is 11.9 Å². The maximum atomic E-state index is 12.9. The number of amides is 1. The Morgan fingerprint density at radius 2 is 2.17 bits per heavy atom. The van der Waals surface area contributed by atoms with Crippen LogP contribution in [0.4, 0.5) is 0 Å². The second kappa shape index (κ2) is 7.69. The van der Waals surface area contributed by atoms with E-state index in [4.69, 9.17) is 4.74 Å². The molecule has 1 saturated heterocycles. The fourth-order valence-corrected chi connectivity index (χ4v) is 4.79. The van der Waals surface area contributed by atoms with Crippen LogP contribution in [0.3, 0.4) is 0 Å². The standard InChI is InChI=1S/C18H26N2O2S/c1-3-15-13-20(9-8-19(15)10-11-22-2)18(21)17-12-14-6-4-5-7-16(14)23-17/h4-7,15,17H,3,8-13H2,1-2H3. The quantitative estimate of drug-likeness (QED) is 0.827. The van der Waals surface area contributed by atoms with Crippen LogP contribution in [0.15, 0.2) is 29.2 Å². The Kier molecular flexibility index (Phi) is 5.62. The van der Waals surface area contributed by atoms with E-state index >= 15 is 0 Å². The van der Waals surface area contributed by atoms with Gasteiger partial charge in [0.1, 0.15) is 0 Å². The van der Waals surface area contributed by atoms with Gasteiger partial charge in [0, 0.05) is 44.2 Å². The van der Waals surface area contributed by atoms with Gasteiger partial charge in [-0.2, -0.15) is 0 Å². The molecule has 5 heteroatoms. The molecule has 2 aliphatic rings. The lowest BCUT2D eigenvalue weighted by Crippen LogP contribution is -2.56. The Labute approximate surface area is 143 Å². The number of carbonyl (C=O) groups excluding carboxylic acids is 1. The van der Waals surface area contributed by atoms with E-state index in [2.05, 4.69) is 41.0 Å². The molecule has 2 atom stereocenters. The summed E-state index contributed by atoms with van der Waals surface area (Å²) in [6.07, 6.45) is 1.95. The number of methoxy groups -OCH3 is 1. The van der Waals surface area contributed by atoms with Crippen molar-refractivity contribution in [2.24, 2.45) is 0 Å². The highest BCUT2D eigenvalue weighted by Gasteiger charge is 2.35. The number of rotatable bonds is 5. The van der Waals surface area contributed by atoms with Gasteiger partial charge in [-0.05, 0) is 24.5 Å². The van der Waals surface area contributed by atoms with E-state index in [1.54, 1.807) is 18.9 Å². The highest BCUT2D eigenvalue weighted by atomic mass is 32.2. The monoisotopic (exact) mass is 334 g/mol. The van der Waals surface area contributed by atoms with Crippen molar-refractivity contribution >= 4 is 17.7 Å². The molecule has 0 aliphatic carbocycles. The molecule has 0 spiro atoms. The number of piperazine rings is 1. The fourth-order valence-electron chi connectivity index (χ4n) is 3.51. The SMILES string of the molecule is CCC1CN(C(=O)C2Cc3ccccc3S2)CCN1CCOC. The Bertz CT molecular complexity index is 527. The third kappa shape index (κ3) is 3.73. The number of hydrogen-bond donors (Lipinski definition) is 0. The lowest BCUT2D eigenvalue weighted by Gasteiger charge is -2.41. The van der Waals surface area contributed by atoms with Gasteiger partial charge in [-0.1, -0.05) is 25.1 Å². The molecule has 1 fully saturated rings. The summed E-state index contributed by atoms with van der Waals surface area (Å²) in [5.41, 5.74) is 1.32. The molecule has 1 aromatic carbocycles. The van der Waals surface area contributed by atoms with Gasteiger partial charge in [0.2, 0.25) is 5.91 Å². The molecule has 3 rings (SSSR count). The van der Waals surface area contributed by atoms with Gasteiger partial charge in [-0.3, -0.25) is 9.69 Å². The third-order valence-electron chi connectivity index (χ3n) is 4.89. The van der Waals surface area contributed by atoms with E-state index in [0.717, 1.165) is 45.6 Å². The van der Waals surface area contributed by atoms with Gasteiger partial charge in [0.25, 0.3) is 0 Å². The van der Waals surface area contributed by atoms with Crippen LogP contribution in [0.1, 0.15) is 18.9 Å². The zero-order valence-electron chi connectivity index (χ0n) is 14.0. The zero-order chi connectivity index (χ0) is 16.2. The molecule has 0 aromatic heterocycles. The van der Waals surface area contributed by atoms with Crippen LogP contribution in [0.25, 0.3) is 0 Å². The van der Waals surface area contributed by atoms with Crippen LogP contribution in [-0.2, 0) is 16.0 Å². The lowest BCUT2D eigenvalue weighted by atomic mass is 10.1. The van der Waals surface area contributed by atoms with E-state index in [1.165, 1.54) is 10.5 Å². The van der Waals surface area contributed by atoms with E-state index in [0.29, 0.717) is 11.9 Å². The molecule has 0 N–H and O–H groups in total. The van der Waals surface area contributed by atoms with Crippen molar-refractivity contribution in [3.8, 4) is 0 Å². The van der Waals surface area contributed by atoms with Crippen LogP contribution >= 0.6 is 11.8 Å². The Hall–Kier alpha value is -1.04. The van der Waals surface area contributed by atoms with E-state index in [1.807, 2.05) is 0 Å². The third-order valence-corrected chi connectivity index (χ3v) is 6.20. The predicted molar refractivity (Wildman–Crippen MR) is 93.9 cm³/mol. The summed E-state index contributed by atoms with van der Waals surface area (Å²) in [4.78, 5) is 18.7. The fraction of sp³-hybridized carbons (Fsp3) is 0.611. The molecular formula is C18H26N2O2S. The average Bonchev–Trinajstić information content (AvgIpc) is 3.03. The van der Waals surface area contributed by atoms with E-state index in [9.17, 15) is 4.79 Å². The van der Waals surface area contributed by atoms with Crippen molar-refractivity contribution in [3.63, 3.8) is 0 Å². The average molecular weight is 334 g/mol. The van der Waals surface area contributed by atoms with Gasteiger partial charge in [-0.25, -0.2) is 0 Å². The topological polar surface area (TPSA) is 32.8 Å². The van der Waals surface area contributed by atoms with Crippen molar-refractivity contribution in [2.75, 3.05) is 39.9 Å². The Balaban J connectivity index is 1.59. The largest absolute Gasteiger partial charge is 0.383 e. The zero-order valence-corrected chi connectivity index (χ0v) is 14.8. The first-order chi connectivity index (χ1) is 11.2. The second-order valence-electron chi connectivity index (χ2n) is 6.29. The van der Waals surface area contributed by atoms with Gasteiger partial charge >= 0.3 is 0 Å². The lowest BCUT2D eigenvalue weighted by molar-refractivity contribution is -0.133.